The molecule has 114 valence electrons. The zero-order valence-corrected chi connectivity index (χ0v) is 11.7. The second-order valence-electron chi connectivity index (χ2n) is 4.29. The summed E-state index contributed by atoms with van der Waals surface area (Å²) in [6.07, 6.45) is 0.768. The molecule has 2 aromatic rings. The van der Waals surface area contributed by atoms with Gasteiger partial charge in [0.1, 0.15) is 0 Å². The molecule has 1 heterocycles. The first-order chi connectivity index (χ1) is 10.2. The lowest BCUT2D eigenvalue weighted by Crippen LogP contribution is -2.08. The van der Waals surface area contributed by atoms with Gasteiger partial charge in [-0.05, 0) is 12.5 Å². The molecule has 8 heteroatoms. The highest BCUT2D eigenvalue weighted by Crippen LogP contribution is 2.27. The second-order valence-corrected chi connectivity index (χ2v) is 4.29. The molecule has 0 saturated heterocycles. The smallest absolute Gasteiger partial charge is 0.298 e. The average molecular weight is 295 g/mol. The number of methoxy groups -OCH3 is 1. The van der Waals surface area contributed by atoms with E-state index in [2.05, 4.69) is 10.3 Å². The molecule has 0 saturated carbocycles. The van der Waals surface area contributed by atoms with Crippen LogP contribution in [0, 0.1) is 10.1 Å². The Kier molecular flexibility index (Phi) is 5.47. The zero-order valence-electron chi connectivity index (χ0n) is 11.7. The van der Waals surface area contributed by atoms with Crippen molar-refractivity contribution in [2.75, 3.05) is 38.8 Å². The van der Waals surface area contributed by atoms with Gasteiger partial charge in [0.25, 0.3) is 11.7 Å². The molecule has 1 N–H and O–H groups in total. The van der Waals surface area contributed by atoms with Crippen molar-refractivity contribution < 1.29 is 18.8 Å². The molecular formula is C13H17N3O5. The first-order valence-electron chi connectivity index (χ1n) is 6.57. The van der Waals surface area contributed by atoms with Crippen molar-refractivity contribution in [2.45, 2.75) is 6.42 Å². The second kappa shape index (κ2) is 7.55. The molecule has 0 radical (unpaired) electrons. The monoisotopic (exact) mass is 295 g/mol. The molecule has 0 unspecified atom stereocenters. The van der Waals surface area contributed by atoms with Gasteiger partial charge in [-0.3, -0.25) is 10.1 Å². The molecule has 1 aromatic heterocycles. The lowest BCUT2D eigenvalue weighted by molar-refractivity contribution is -0.383. The van der Waals surface area contributed by atoms with E-state index in [1.54, 1.807) is 19.2 Å². The number of rotatable bonds is 9. The molecule has 2 rings (SSSR count). The van der Waals surface area contributed by atoms with E-state index in [1.807, 2.05) is 0 Å². The van der Waals surface area contributed by atoms with E-state index in [4.69, 9.17) is 13.9 Å². The zero-order chi connectivity index (χ0) is 15.1. The lowest BCUT2D eigenvalue weighted by Gasteiger charge is -2.03. The number of anilines is 1. The Balaban J connectivity index is 1.86. The Morgan fingerprint density at radius 3 is 3.00 bits per heavy atom. The van der Waals surface area contributed by atoms with E-state index in [1.165, 1.54) is 6.07 Å². The van der Waals surface area contributed by atoms with E-state index in [-0.39, 0.29) is 17.2 Å². The number of para-hydroxylation sites is 1. The van der Waals surface area contributed by atoms with Crippen LogP contribution < -0.4 is 5.32 Å². The minimum absolute atomic E-state index is 0.0628. The predicted octanol–water partition coefficient (Wildman–Crippen LogP) is 2.20. The number of nitro groups is 1. The fourth-order valence-corrected chi connectivity index (χ4v) is 1.77. The molecular weight excluding hydrogens is 278 g/mol. The number of oxazole rings is 1. The lowest BCUT2D eigenvalue weighted by atomic mass is 10.3. The van der Waals surface area contributed by atoms with Gasteiger partial charge in [-0.2, -0.15) is 4.98 Å². The van der Waals surface area contributed by atoms with E-state index < -0.39 is 4.92 Å². The minimum atomic E-state index is -0.474. The number of nitrogens with zero attached hydrogens (tertiary/aromatic N) is 2. The summed E-state index contributed by atoms with van der Waals surface area (Å²) in [5.74, 6) is 0. The van der Waals surface area contributed by atoms with Gasteiger partial charge in [-0.1, -0.05) is 6.07 Å². The number of non-ortho nitro benzene ring substituents is 1. The molecule has 0 aliphatic heterocycles. The van der Waals surface area contributed by atoms with Crippen LogP contribution in [0.1, 0.15) is 6.42 Å². The molecule has 0 bridgehead atoms. The maximum Gasteiger partial charge on any atom is 0.298 e. The van der Waals surface area contributed by atoms with Crippen LogP contribution >= 0.6 is 0 Å². The van der Waals surface area contributed by atoms with Crippen LogP contribution in [0.2, 0.25) is 0 Å². The topological polar surface area (TPSA) is 99.7 Å². The van der Waals surface area contributed by atoms with Gasteiger partial charge >= 0.3 is 0 Å². The first-order valence-corrected chi connectivity index (χ1v) is 6.57. The van der Waals surface area contributed by atoms with Crippen LogP contribution in [0.15, 0.2) is 22.6 Å². The van der Waals surface area contributed by atoms with Crippen LogP contribution in [-0.4, -0.2) is 43.4 Å². The van der Waals surface area contributed by atoms with Gasteiger partial charge in [-0.15, -0.1) is 0 Å². The molecule has 0 aliphatic carbocycles. The quantitative estimate of drug-likeness (QED) is 0.430. The first kappa shape index (κ1) is 15.2. The number of nitro benzene ring substituents is 1. The van der Waals surface area contributed by atoms with Gasteiger partial charge in [-0.25, -0.2) is 0 Å². The summed E-state index contributed by atoms with van der Waals surface area (Å²) in [6.45, 7) is 2.33. The highest BCUT2D eigenvalue weighted by Gasteiger charge is 2.16. The Hall–Kier alpha value is -2.19. The maximum absolute atomic E-state index is 10.9. The number of benzene rings is 1. The van der Waals surface area contributed by atoms with E-state index in [0.29, 0.717) is 31.9 Å². The van der Waals surface area contributed by atoms with Crippen molar-refractivity contribution in [3.8, 4) is 0 Å². The number of hydrogen-bond donors (Lipinski definition) is 1. The largest absolute Gasteiger partial charge is 0.423 e. The van der Waals surface area contributed by atoms with Gasteiger partial charge in [0.15, 0.2) is 11.1 Å². The van der Waals surface area contributed by atoms with E-state index in [9.17, 15) is 10.1 Å². The summed E-state index contributed by atoms with van der Waals surface area (Å²) < 4.78 is 15.6. The van der Waals surface area contributed by atoms with Crippen LogP contribution in [0.4, 0.5) is 11.7 Å². The van der Waals surface area contributed by atoms with Crippen molar-refractivity contribution in [3.05, 3.63) is 28.3 Å². The minimum Gasteiger partial charge on any atom is -0.423 e. The standard InChI is InChI=1S/C13H17N3O5/c1-19-8-9-20-7-3-6-14-13-15-12-10(16(17)18)4-2-5-11(12)21-13/h2,4-5H,3,6-9H2,1H3,(H,14,15). The number of ether oxygens (including phenoxy) is 2. The Bertz CT molecular complexity index is 599. The van der Waals surface area contributed by atoms with Crippen molar-refractivity contribution >= 4 is 22.8 Å². The molecule has 21 heavy (non-hydrogen) atoms. The van der Waals surface area contributed by atoms with Crippen LogP contribution in [0.3, 0.4) is 0 Å². The third-order valence-electron chi connectivity index (χ3n) is 2.77. The summed E-state index contributed by atoms with van der Waals surface area (Å²) in [6, 6.07) is 4.89. The molecule has 0 fully saturated rings. The van der Waals surface area contributed by atoms with Crippen molar-refractivity contribution in [2.24, 2.45) is 0 Å². The van der Waals surface area contributed by atoms with E-state index in [0.717, 1.165) is 6.42 Å². The van der Waals surface area contributed by atoms with Crippen LogP contribution in [0.5, 0.6) is 0 Å². The molecule has 0 amide bonds. The van der Waals surface area contributed by atoms with Crippen LogP contribution in [0.25, 0.3) is 11.1 Å². The summed E-state index contributed by atoms with van der Waals surface area (Å²) in [7, 11) is 1.62. The molecule has 0 aliphatic rings. The summed E-state index contributed by atoms with van der Waals surface area (Å²) in [5.41, 5.74) is 0.580. The third kappa shape index (κ3) is 4.14. The molecule has 0 atom stereocenters. The highest BCUT2D eigenvalue weighted by molar-refractivity contribution is 5.83. The Morgan fingerprint density at radius 2 is 2.24 bits per heavy atom. The number of aromatic nitrogens is 1. The molecule has 8 nitrogen and oxygen atoms in total. The SMILES string of the molecule is COCCOCCCNc1nc2c([N+](=O)[O-])cccc2o1. The predicted molar refractivity (Wildman–Crippen MR) is 76.5 cm³/mol. The highest BCUT2D eigenvalue weighted by atomic mass is 16.6. The third-order valence-corrected chi connectivity index (χ3v) is 2.77. The fourth-order valence-electron chi connectivity index (χ4n) is 1.77. The van der Waals surface area contributed by atoms with Crippen molar-refractivity contribution in [1.29, 1.82) is 0 Å². The molecule has 0 spiro atoms. The Labute approximate surface area is 121 Å². The summed E-state index contributed by atoms with van der Waals surface area (Å²) >= 11 is 0. The van der Waals surface area contributed by atoms with Gasteiger partial charge in [0.2, 0.25) is 0 Å². The van der Waals surface area contributed by atoms with Gasteiger partial charge in [0, 0.05) is 26.3 Å². The Morgan fingerprint density at radius 1 is 1.38 bits per heavy atom. The summed E-state index contributed by atoms with van der Waals surface area (Å²) in [4.78, 5) is 14.5. The van der Waals surface area contributed by atoms with Gasteiger partial charge < -0.3 is 19.2 Å². The fraction of sp³-hybridized carbons (Fsp3) is 0.462. The van der Waals surface area contributed by atoms with Gasteiger partial charge in [0.05, 0.1) is 18.1 Å². The number of nitrogens with one attached hydrogen (secondary N) is 1. The average Bonchev–Trinajstić information content (AvgIpc) is 2.88. The van der Waals surface area contributed by atoms with Crippen molar-refractivity contribution in [3.63, 3.8) is 0 Å². The maximum atomic E-state index is 10.9. The normalized spacial score (nSPS) is 10.9. The summed E-state index contributed by atoms with van der Waals surface area (Å²) in [5, 5.41) is 13.9. The van der Waals surface area contributed by atoms with Crippen LogP contribution in [-0.2, 0) is 9.47 Å². The number of hydrogen-bond acceptors (Lipinski definition) is 7. The van der Waals surface area contributed by atoms with E-state index >= 15 is 0 Å². The van der Waals surface area contributed by atoms with Crippen molar-refractivity contribution in [1.82, 2.24) is 4.98 Å². The molecule has 1 aromatic carbocycles. The number of fused-ring (bicyclic) bond motifs is 1.